The smallest absolute Gasteiger partial charge is 0.238 e. The Morgan fingerprint density at radius 3 is 2.74 bits per heavy atom. The van der Waals surface area contributed by atoms with Crippen molar-refractivity contribution in [1.29, 1.82) is 0 Å². The monoisotopic (exact) mass is 337 g/mol. The summed E-state index contributed by atoms with van der Waals surface area (Å²) in [6, 6.07) is 7.79. The number of amides is 1. The Kier molecular flexibility index (Phi) is 5.41. The minimum atomic E-state index is -3.37. The van der Waals surface area contributed by atoms with Crippen LogP contribution in [0.4, 0.5) is 0 Å². The molecule has 1 heterocycles. The third-order valence-corrected chi connectivity index (χ3v) is 6.15. The molecule has 0 bridgehead atoms. The van der Waals surface area contributed by atoms with Gasteiger partial charge in [0.05, 0.1) is 16.8 Å². The average molecular weight is 337 g/mol. The maximum Gasteiger partial charge on any atom is 0.238 e. The summed E-state index contributed by atoms with van der Waals surface area (Å²) in [5.41, 5.74) is 1.92. The van der Waals surface area contributed by atoms with Crippen LogP contribution in [-0.2, 0) is 21.2 Å². The van der Waals surface area contributed by atoms with Crippen LogP contribution in [0.5, 0.6) is 0 Å². The molecule has 2 aromatic rings. The van der Waals surface area contributed by atoms with Crippen molar-refractivity contribution in [2.75, 3.05) is 12.3 Å². The largest absolute Gasteiger partial charge is 0.353 e. The third-order valence-electron chi connectivity index (χ3n) is 3.88. The highest BCUT2D eigenvalue weighted by atomic mass is 32.2. The summed E-state index contributed by atoms with van der Waals surface area (Å²) < 4.78 is 25.8. The van der Waals surface area contributed by atoms with Crippen LogP contribution in [0, 0.1) is 6.92 Å². The van der Waals surface area contributed by atoms with Crippen LogP contribution in [-0.4, -0.2) is 41.4 Å². The fourth-order valence-electron chi connectivity index (χ4n) is 2.54. The van der Waals surface area contributed by atoms with Gasteiger partial charge in [0.2, 0.25) is 5.91 Å². The summed E-state index contributed by atoms with van der Waals surface area (Å²) in [7, 11) is -3.37. The van der Waals surface area contributed by atoms with Gasteiger partial charge >= 0.3 is 0 Å². The van der Waals surface area contributed by atoms with Crippen LogP contribution in [0.3, 0.4) is 0 Å². The molecular weight excluding hydrogens is 314 g/mol. The normalized spacial score (nSPS) is 13.2. The summed E-state index contributed by atoms with van der Waals surface area (Å²) in [6.07, 6.45) is 0.514. The van der Waals surface area contributed by atoms with Crippen molar-refractivity contribution < 1.29 is 13.2 Å². The molecule has 1 N–H and O–H groups in total. The Hall–Kier alpha value is -1.89. The predicted molar refractivity (Wildman–Crippen MR) is 91.0 cm³/mol. The third kappa shape index (κ3) is 3.90. The predicted octanol–water partition coefficient (Wildman–Crippen LogP) is 1.67. The summed E-state index contributed by atoms with van der Waals surface area (Å²) in [4.78, 5) is 16.5. The molecule has 0 fully saturated rings. The molecule has 1 aromatic carbocycles. The van der Waals surface area contributed by atoms with Gasteiger partial charge in [-0.05, 0) is 32.4 Å². The highest BCUT2D eigenvalue weighted by Gasteiger charge is 2.26. The number of nitrogens with zero attached hydrogens (tertiary/aromatic N) is 2. The lowest BCUT2D eigenvalue weighted by atomic mass is 10.3. The molecule has 2 rings (SSSR count). The zero-order valence-electron chi connectivity index (χ0n) is 13.7. The van der Waals surface area contributed by atoms with Gasteiger partial charge in [-0.25, -0.2) is 13.4 Å². The molecule has 0 saturated carbocycles. The number of aryl methyl sites for hydroxylation is 1. The molecule has 0 aliphatic rings. The number of hydrogen-bond donors (Lipinski definition) is 1. The van der Waals surface area contributed by atoms with Crippen molar-refractivity contribution in [1.82, 2.24) is 14.9 Å². The fraction of sp³-hybridized carbons (Fsp3) is 0.500. The van der Waals surface area contributed by atoms with Gasteiger partial charge in [0, 0.05) is 13.1 Å². The molecule has 1 aromatic heterocycles. The van der Waals surface area contributed by atoms with E-state index in [4.69, 9.17) is 0 Å². The molecule has 23 heavy (non-hydrogen) atoms. The molecule has 1 amide bonds. The van der Waals surface area contributed by atoms with Crippen molar-refractivity contribution in [3.8, 4) is 0 Å². The molecular formula is C16H23N3O3S. The minimum Gasteiger partial charge on any atom is -0.353 e. The first-order valence-electron chi connectivity index (χ1n) is 7.78. The van der Waals surface area contributed by atoms with E-state index in [1.54, 1.807) is 6.92 Å². The highest BCUT2D eigenvalue weighted by molar-refractivity contribution is 7.92. The van der Waals surface area contributed by atoms with Crippen LogP contribution in [0.2, 0.25) is 0 Å². The van der Waals surface area contributed by atoms with Crippen LogP contribution in [0.1, 0.15) is 26.1 Å². The van der Waals surface area contributed by atoms with E-state index in [-0.39, 0.29) is 5.75 Å². The first-order chi connectivity index (χ1) is 10.9. The molecule has 1 unspecified atom stereocenters. The van der Waals surface area contributed by atoms with Gasteiger partial charge < -0.3 is 9.88 Å². The minimum absolute atomic E-state index is 0.0346. The van der Waals surface area contributed by atoms with E-state index in [1.807, 2.05) is 35.8 Å². The summed E-state index contributed by atoms with van der Waals surface area (Å²) in [5.74, 6) is 0.458. The molecule has 0 saturated heterocycles. The zero-order valence-corrected chi connectivity index (χ0v) is 14.6. The molecule has 1 atom stereocenters. The number of imidazole rings is 1. The second-order valence-corrected chi connectivity index (χ2v) is 8.04. The van der Waals surface area contributed by atoms with E-state index < -0.39 is 21.0 Å². The Morgan fingerprint density at radius 2 is 2.04 bits per heavy atom. The Labute approximate surface area is 136 Å². The number of fused-ring (bicyclic) bond motifs is 1. The lowest BCUT2D eigenvalue weighted by Crippen LogP contribution is -2.40. The van der Waals surface area contributed by atoms with Gasteiger partial charge in [-0.3, -0.25) is 4.79 Å². The number of para-hydroxylation sites is 2. The maximum absolute atomic E-state index is 12.0. The lowest BCUT2D eigenvalue weighted by Gasteiger charge is -2.13. The Bertz CT molecular complexity index is 796. The van der Waals surface area contributed by atoms with Crippen molar-refractivity contribution in [2.45, 2.75) is 39.0 Å². The van der Waals surface area contributed by atoms with E-state index in [0.717, 1.165) is 16.9 Å². The maximum atomic E-state index is 12.0. The molecule has 0 aliphatic carbocycles. The first kappa shape index (κ1) is 17.5. The lowest BCUT2D eigenvalue weighted by molar-refractivity contribution is -0.120. The fourth-order valence-corrected chi connectivity index (χ4v) is 3.87. The van der Waals surface area contributed by atoms with Crippen molar-refractivity contribution in [3.63, 3.8) is 0 Å². The second-order valence-electron chi connectivity index (χ2n) is 5.60. The van der Waals surface area contributed by atoms with Crippen LogP contribution >= 0.6 is 0 Å². The van der Waals surface area contributed by atoms with E-state index in [2.05, 4.69) is 10.3 Å². The molecule has 0 radical (unpaired) electrons. The van der Waals surface area contributed by atoms with Gasteiger partial charge in [-0.1, -0.05) is 19.1 Å². The van der Waals surface area contributed by atoms with Gasteiger partial charge in [-0.2, -0.15) is 0 Å². The van der Waals surface area contributed by atoms with Crippen LogP contribution < -0.4 is 5.32 Å². The summed E-state index contributed by atoms with van der Waals surface area (Å²) in [5, 5.41) is 1.70. The summed E-state index contributed by atoms with van der Waals surface area (Å²) >= 11 is 0. The van der Waals surface area contributed by atoms with Crippen molar-refractivity contribution >= 4 is 26.8 Å². The standard InChI is InChI=1S/C16H23N3O3S/c1-4-11-23(21,22)12(2)16(20)17-9-10-19-13(3)18-14-7-5-6-8-15(14)19/h5-8,12H,4,9-11H2,1-3H3,(H,17,20). The molecule has 0 spiro atoms. The van der Waals surface area contributed by atoms with Gasteiger partial charge in [-0.15, -0.1) is 0 Å². The highest BCUT2D eigenvalue weighted by Crippen LogP contribution is 2.14. The molecule has 6 nitrogen and oxygen atoms in total. The number of aromatic nitrogens is 2. The van der Waals surface area contributed by atoms with Crippen molar-refractivity contribution in [2.24, 2.45) is 0 Å². The molecule has 7 heteroatoms. The van der Waals surface area contributed by atoms with E-state index in [1.165, 1.54) is 6.92 Å². The summed E-state index contributed by atoms with van der Waals surface area (Å²) in [6.45, 7) is 6.06. The SMILES string of the molecule is CCCS(=O)(=O)C(C)C(=O)NCCn1c(C)nc2ccccc21. The number of hydrogen-bond acceptors (Lipinski definition) is 4. The average Bonchev–Trinajstić information content (AvgIpc) is 2.82. The van der Waals surface area contributed by atoms with Crippen molar-refractivity contribution in [3.05, 3.63) is 30.1 Å². The number of benzene rings is 1. The van der Waals surface area contributed by atoms with E-state index >= 15 is 0 Å². The number of carbonyl (C=O) groups excluding carboxylic acids is 1. The molecule has 0 aliphatic heterocycles. The second kappa shape index (κ2) is 7.12. The van der Waals surface area contributed by atoms with Gasteiger partial charge in [0.15, 0.2) is 9.84 Å². The number of rotatable bonds is 7. The first-order valence-corrected chi connectivity index (χ1v) is 9.49. The Morgan fingerprint density at radius 1 is 1.35 bits per heavy atom. The molecule has 126 valence electrons. The number of carbonyl (C=O) groups is 1. The number of nitrogens with one attached hydrogen (secondary N) is 1. The van der Waals surface area contributed by atoms with Crippen LogP contribution in [0.15, 0.2) is 24.3 Å². The van der Waals surface area contributed by atoms with E-state index in [9.17, 15) is 13.2 Å². The Balaban J connectivity index is 1.99. The van der Waals surface area contributed by atoms with Gasteiger partial charge in [0.1, 0.15) is 11.1 Å². The zero-order chi connectivity index (χ0) is 17.0. The number of sulfone groups is 1. The topological polar surface area (TPSA) is 81.1 Å². The van der Waals surface area contributed by atoms with E-state index in [0.29, 0.717) is 19.5 Å². The van der Waals surface area contributed by atoms with Gasteiger partial charge in [0.25, 0.3) is 0 Å². The van der Waals surface area contributed by atoms with Crippen LogP contribution in [0.25, 0.3) is 11.0 Å². The quantitative estimate of drug-likeness (QED) is 0.833.